The third kappa shape index (κ3) is 3.80. The van der Waals surface area contributed by atoms with Crippen molar-refractivity contribution in [2.24, 2.45) is 0 Å². The Bertz CT molecular complexity index is 671. The first-order valence-corrected chi connectivity index (χ1v) is 8.02. The van der Waals surface area contributed by atoms with Crippen LogP contribution in [-0.4, -0.2) is 64.5 Å². The second-order valence-electron chi connectivity index (χ2n) is 6.44. The maximum absolute atomic E-state index is 14.3. The van der Waals surface area contributed by atoms with Gasteiger partial charge >= 0.3 is 0 Å². The van der Waals surface area contributed by atoms with E-state index >= 15 is 0 Å². The van der Waals surface area contributed by atoms with E-state index in [1.165, 1.54) is 12.1 Å². The molecule has 0 amide bonds. The Morgan fingerprint density at radius 3 is 2.54 bits per heavy atom. The lowest BCUT2D eigenvalue weighted by molar-refractivity contribution is -0.0301. The van der Waals surface area contributed by atoms with Crippen LogP contribution in [0.3, 0.4) is 0 Å². The third-order valence-electron chi connectivity index (χ3n) is 4.50. The molecule has 24 heavy (non-hydrogen) atoms. The smallest absolute Gasteiger partial charge is 0.132 e. The van der Waals surface area contributed by atoms with Crippen LogP contribution in [0, 0.1) is 11.6 Å². The third-order valence-corrected chi connectivity index (χ3v) is 4.50. The number of piperazine rings is 1. The monoisotopic (exact) mass is 336 g/mol. The van der Waals surface area contributed by atoms with Crippen molar-refractivity contribution in [3.63, 3.8) is 0 Å². The number of hydrogen-bond acceptors (Lipinski definition) is 4. The molecule has 1 fully saturated rings. The van der Waals surface area contributed by atoms with Gasteiger partial charge in [0.25, 0.3) is 0 Å². The summed E-state index contributed by atoms with van der Waals surface area (Å²) < 4.78 is 29.2. The number of rotatable bonds is 5. The lowest BCUT2D eigenvalue weighted by Crippen LogP contribution is -2.51. The Balaban J connectivity index is 1.88. The van der Waals surface area contributed by atoms with Gasteiger partial charge in [-0.1, -0.05) is 6.07 Å². The van der Waals surface area contributed by atoms with Gasteiger partial charge in [0.2, 0.25) is 0 Å². The van der Waals surface area contributed by atoms with Crippen LogP contribution in [0.2, 0.25) is 0 Å². The molecule has 1 aliphatic rings. The highest BCUT2D eigenvalue weighted by molar-refractivity contribution is 5.25. The number of nitrogens with zero attached hydrogens (tertiary/aromatic N) is 4. The summed E-state index contributed by atoms with van der Waals surface area (Å²) in [6.07, 6.45) is 3.33. The van der Waals surface area contributed by atoms with Gasteiger partial charge in [-0.2, -0.15) is 5.10 Å². The van der Waals surface area contributed by atoms with Crippen molar-refractivity contribution in [2.75, 3.05) is 39.8 Å². The van der Waals surface area contributed by atoms with Crippen LogP contribution in [0.25, 0.3) is 0 Å². The molecule has 130 valence electrons. The van der Waals surface area contributed by atoms with Gasteiger partial charge in [0.1, 0.15) is 17.2 Å². The van der Waals surface area contributed by atoms with Crippen LogP contribution in [0.1, 0.15) is 5.56 Å². The molecule has 0 aliphatic carbocycles. The average Bonchev–Trinajstić information content (AvgIpc) is 3.02. The minimum atomic E-state index is -1.49. The fourth-order valence-corrected chi connectivity index (χ4v) is 3.13. The summed E-state index contributed by atoms with van der Waals surface area (Å²) in [5, 5.41) is 15.4. The predicted octanol–water partition coefficient (Wildman–Crippen LogP) is 1.30. The van der Waals surface area contributed by atoms with Crippen molar-refractivity contribution in [1.29, 1.82) is 0 Å². The lowest BCUT2D eigenvalue weighted by Gasteiger charge is -2.38. The molecule has 2 heterocycles. The highest BCUT2D eigenvalue weighted by atomic mass is 19.1. The lowest BCUT2D eigenvalue weighted by atomic mass is 9.92. The van der Waals surface area contributed by atoms with E-state index in [9.17, 15) is 13.9 Å². The normalized spacial score (nSPS) is 19.3. The molecule has 1 aromatic carbocycles. The van der Waals surface area contributed by atoms with E-state index in [-0.39, 0.29) is 18.7 Å². The van der Waals surface area contributed by atoms with Gasteiger partial charge in [0.15, 0.2) is 0 Å². The van der Waals surface area contributed by atoms with E-state index in [4.69, 9.17) is 0 Å². The molecular formula is C17H22F2N4O. The minimum Gasteiger partial charge on any atom is -0.382 e. The van der Waals surface area contributed by atoms with Crippen molar-refractivity contribution in [1.82, 2.24) is 19.6 Å². The van der Waals surface area contributed by atoms with Gasteiger partial charge in [0, 0.05) is 56.7 Å². The predicted molar refractivity (Wildman–Crippen MR) is 86.4 cm³/mol. The van der Waals surface area contributed by atoms with Crippen LogP contribution in [-0.2, 0) is 12.1 Å². The molecule has 7 heteroatoms. The molecule has 2 aromatic rings. The standard InChI is InChI=1S/C17H22F2N4O/c1-21-7-9-22(10-8-21)12-17(24,13-23-6-2-5-20-23)15-4-3-14(18)11-16(15)19/h2-6,11,24H,7-10,12-13H2,1H3. The van der Waals surface area contributed by atoms with Gasteiger partial charge < -0.3 is 10.0 Å². The molecule has 1 atom stereocenters. The van der Waals surface area contributed by atoms with Gasteiger partial charge in [-0.3, -0.25) is 9.58 Å². The number of benzene rings is 1. The van der Waals surface area contributed by atoms with Crippen molar-refractivity contribution < 1.29 is 13.9 Å². The Kier molecular flexibility index (Phi) is 4.93. The Morgan fingerprint density at radius 2 is 1.92 bits per heavy atom. The fourth-order valence-electron chi connectivity index (χ4n) is 3.13. The Morgan fingerprint density at radius 1 is 1.17 bits per heavy atom. The summed E-state index contributed by atoms with van der Waals surface area (Å²) in [5.74, 6) is -1.39. The molecule has 1 N–H and O–H groups in total. The van der Waals surface area contributed by atoms with E-state index in [0.29, 0.717) is 0 Å². The van der Waals surface area contributed by atoms with Crippen molar-refractivity contribution >= 4 is 0 Å². The number of halogens is 2. The number of β-amino-alcohol motifs (C(OH)–C–C–N with tert-alkyl or cyclic N) is 1. The molecule has 0 radical (unpaired) electrons. The first kappa shape index (κ1) is 17.0. The van der Waals surface area contributed by atoms with E-state index in [1.807, 2.05) is 7.05 Å². The van der Waals surface area contributed by atoms with Crippen molar-refractivity contribution in [3.8, 4) is 0 Å². The summed E-state index contributed by atoms with van der Waals surface area (Å²) in [6.45, 7) is 3.74. The van der Waals surface area contributed by atoms with E-state index < -0.39 is 17.2 Å². The maximum atomic E-state index is 14.3. The minimum absolute atomic E-state index is 0.0957. The molecule has 1 unspecified atom stereocenters. The van der Waals surface area contributed by atoms with Crippen molar-refractivity contribution in [3.05, 3.63) is 53.9 Å². The fraction of sp³-hybridized carbons (Fsp3) is 0.471. The maximum Gasteiger partial charge on any atom is 0.132 e. The van der Waals surface area contributed by atoms with Gasteiger partial charge in [-0.15, -0.1) is 0 Å². The van der Waals surface area contributed by atoms with E-state index in [0.717, 1.165) is 32.2 Å². The molecule has 1 aliphatic heterocycles. The molecule has 1 saturated heterocycles. The average molecular weight is 336 g/mol. The van der Waals surface area contributed by atoms with Crippen LogP contribution < -0.4 is 0 Å². The second kappa shape index (κ2) is 6.96. The molecule has 0 bridgehead atoms. The van der Waals surface area contributed by atoms with Gasteiger partial charge in [-0.25, -0.2) is 8.78 Å². The van der Waals surface area contributed by atoms with Crippen LogP contribution in [0.15, 0.2) is 36.7 Å². The molecule has 3 rings (SSSR count). The molecule has 0 saturated carbocycles. The second-order valence-corrected chi connectivity index (χ2v) is 6.44. The van der Waals surface area contributed by atoms with Crippen molar-refractivity contribution in [2.45, 2.75) is 12.1 Å². The Hall–Kier alpha value is -1.83. The number of hydrogen-bond donors (Lipinski definition) is 1. The summed E-state index contributed by atoms with van der Waals surface area (Å²) >= 11 is 0. The van der Waals surface area contributed by atoms with Crippen LogP contribution in [0.4, 0.5) is 8.78 Å². The number of likely N-dealkylation sites (N-methyl/N-ethyl adjacent to an activating group) is 1. The highest BCUT2D eigenvalue weighted by Crippen LogP contribution is 2.28. The van der Waals surface area contributed by atoms with E-state index in [1.54, 1.807) is 23.1 Å². The van der Waals surface area contributed by atoms with Crippen LogP contribution in [0.5, 0.6) is 0 Å². The number of aliphatic hydroxyl groups is 1. The first-order valence-electron chi connectivity index (χ1n) is 8.02. The largest absolute Gasteiger partial charge is 0.382 e. The summed E-state index contributed by atoms with van der Waals surface area (Å²) in [5.41, 5.74) is -1.39. The zero-order valence-corrected chi connectivity index (χ0v) is 13.7. The number of aromatic nitrogens is 2. The quantitative estimate of drug-likeness (QED) is 0.894. The zero-order valence-electron chi connectivity index (χ0n) is 13.7. The Labute approximate surface area is 140 Å². The summed E-state index contributed by atoms with van der Waals surface area (Å²) in [4.78, 5) is 4.31. The first-order chi connectivity index (χ1) is 11.5. The summed E-state index contributed by atoms with van der Waals surface area (Å²) in [7, 11) is 2.05. The molecular weight excluding hydrogens is 314 g/mol. The zero-order chi connectivity index (χ0) is 17.2. The topological polar surface area (TPSA) is 44.5 Å². The SMILES string of the molecule is CN1CCN(CC(O)(Cn2cccn2)c2ccc(F)cc2F)CC1. The highest BCUT2D eigenvalue weighted by Gasteiger charge is 2.36. The summed E-state index contributed by atoms with van der Waals surface area (Å²) in [6, 6.07) is 5.06. The molecule has 5 nitrogen and oxygen atoms in total. The van der Waals surface area contributed by atoms with E-state index in [2.05, 4.69) is 14.9 Å². The molecule has 0 spiro atoms. The van der Waals surface area contributed by atoms with Gasteiger partial charge in [0.05, 0.1) is 6.54 Å². The van der Waals surface area contributed by atoms with Crippen LogP contribution >= 0.6 is 0 Å². The molecule has 1 aromatic heterocycles. The van der Waals surface area contributed by atoms with Gasteiger partial charge in [-0.05, 0) is 19.2 Å².